The standard InChI is InChI=1S/C17H24ClN3O4/c1-25-15-9-14(19)13(18)8-12(15)17(24)20-5-2-11-3-6-21(7-4-11)10-16(22)23/h8-9,11H,2-7,10,19H2,1H3,(H,20,24)(H,22,23)/p-1. The van der Waals surface area contributed by atoms with Crippen molar-refractivity contribution in [3.63, 3.8) is 0 Å². The Morgan fingerprint density at radius 3 is 2.68 bits per heavy atom. The van der Waals surface area contributed by atoms with E-state index in [0.29, 0.717) is 34.5 Å². The summed E-state index contributed by atoms with van der Waals surface area (Å²) in [5.74, 6) is -0.444. The first kappa shape index (κ1) is 19.3. The number of anilines is 1. The summed E-state index contributed by atoms with van der Waals surface area (Å²) in [6.45, 7) is 2.01. The van der Waals surface area contributed by atoms with Gasteiger partial charge in [0.25, 0.3) is 5.91 Å². The minimum absolute atomic E-state index is 0.0127. The van der Waals surface area contributed by atoms with E-state index in [1.54, 1.807) is 0 Å². The number of nitrogens with one attached hydrogen (secondary N) is 1. The van der Waals surface area contributed by atoms with Crippen LogP contribution in [0.3, 0.4) is 0 Å². The van der Waals surface area contributed by atoms with Gasteiger partial charge in [0.2, 0.25) is 0 Å². The Kier molecular flexibility index (Phi) is 6.90. The summed E-state index contributed by atoms with van der Waals surface area (Å²) in [7, 11) is 1.47. The second kappa shape index (κ2) is 8.92. The Bertz CT molecular complexity index is 631. The van der Waals surface area contributed by atoms with E-state index < -0.39 is 5.97 Å². The number of carboxylic acids is 1. The molecule has 138 valence electrons. The van der Waals surface area contributed by atoms with Crippen LogP contribution < -0.4 is 20.9 Å². The Labute approximate surface area is 152 Å². The number of amides is 1. The molecule has 0 spiro atoms. The molecular weight excluding hydrogens is 346 g/mol. The van der Waals surface area contributed by atoms with E-state index in [0.717, 1.165) is 32.4 Å². The van der Waals surface area contributed by atoms with Crippen molar-refractivity contribution in [1.82, 2.24) is 10.2 Å². The maximum atomic E-state index is 12.3. The highest BCUT2D eigenvalue weighted by atomic mass is 35.5. The largest absolute Gasteiger partial charge is 0.549 e. The normalized spacial score (nSPS) is 15.8. The number of nitrogens with two attached hydrogens (primary N) is 1. The average Bonchev–Trinajstić information content (AvgIpc) is 2.57. The number of likely N-dealkylation sites (tertiary alicyclic amines) is 1. The van der Waals surface area contributed by atoms with Crippen LogP contribution in [-0.2, 0) is 4.79 Å². The summed E-state index contributed by atoms with van der Waals surface area (Å²) in [5, 5.41) is 13.8. The van der Waals surface area contributed by atoms with E-state index in [1.807, 2.05) is 4.90 Å². The molecule has 1 fully saturated rings. The van der Waals surface area contributed by atoms with Crippen LogP contribution in [0.2, 0.25) is 5.02 Å². The molecule has 3 N–H and O–H groups in total. The van der Waals surface area contributed by atoms with Crippen LogP contribution in [-0.4, -0.2) is 50.1 Å². The van der Waals surface area contributed by atoms with Gasteiger partial charge in [-0.15, -0.1) is 0 Å². The molecule has 0 aliphatic carbocycles. The third kappa shape index (κ3) is 5.51. The summed E-state index contributed by atoms with van der Waals surface area (Å²) in [5.41, 5.74) is 6.43. The van der Waals surface area contributed by atoms with Gasteiger partial charge in [0.05, 0.1) is 29.4 Å². The maximum Gasteiger partial charge on any atom is 0.255 e. The van der Waals surface area contributed by atoms with E-state index in [2.05, 4.69) is 5.32 Å². The number of carbonyl (C=O) groups excluding carboxylic acids is 2. The van der Waals surface area contributed by atoms with Crippen LogP contribution in [0.4, 0.5) is 5.69 Å². The Morgan fingerprint density at radius 1 is 1.40 bits per heavy atom. The Hall–Kier alpha value is -1.99. The fourth-order valence-electron chi connectivity index (χ4n) is 3.02. The number of piperidine rings is 1. The third-order valence-electron chi connectivity index (χ3n) is 4.46. The van der Waals surface area contributed by atoms with Gasteiger partial charge in [0, 0.05) is 19.2 Å². The predicted octanol–water partition coefficient (Wildman–Crippen LogP) is 0.513. The van der Waals surface area contributed by atoms with Gasteiger partial charge in [-0.3, -0.25) is 9.69 Å². The number of carboxylic acid groups (broad SMARTS) is 1. The molecule has 1 aliphatic heterocycles. The highest BCUT2D eigenvalue weighted by Gasteiger charge is 2.20. The highest BCUT2D eigenvalue weighted by Crippen LogP contribution is 2.28. The smallest absolute Gasteiger partial charge is 0.255 e. The maximum absolute atomic E-state index is 12.3. The summed E-state index contributed by atoms with van der Waals surface area (Å²) in [6.07, 6.45) is 2.68. The minimum atomic E-state index is -1.04. The van der Waals surface area contributed by atoms with Gasteiger partial charge in [-0.25, -0.2) is 0 Å². The van der Waals surface area contributed by atoms with Crippen molar-refractivity contribution in [3.8, 4) is 5.75 Å². The Morgan fingerprint density at radius 2 is 2.08 bits per heavy atom. The SMILES string of the molecule is COc1cc(N)c(Cl)cc1C(=O)NCCC1CCN(CC(=O)[O-])CC1. The zero-order chi connectivity index (χ0) is 18.4. The number of aliphatic carboxylic acids is 1. The van der Waals surface area contributed by atoms with Crippen LogP contribution in [0, 0.1) is 5.92 Å². The van der Waals surface area contributed by atoms with E-state index >= 15 is 0 Å². The number of ether oxygens (including phenoxy) is 1. The van der Waals surface area contributed by atoms with Gasteiger partial charge < -0.3 is 25.7 Å². The first-order valence-corrected chi connectivity index (χ1v) is 8.62. The van der Waals surface area contributed by atoms with Gasteiger partial charge in [-0.05, 0) is 44.3 Å². The van der Waals surface area contributed by atoms with Crippen LogP contribution in [0.5, 0.6) is 5.75 Å². The van der Waals surface area contributed by atoms with Gasteiger partial charge in [0.1, 0.15) is 5.75 Å². The molecule has 0 saturated carbocycles. The molecule has 7 nitrogen and oxygen atoms in total. The zero-order valence-corrected chi connectivity index (χ0v) is 15.0. The van der Waals surface area contributed by atoms with E-state index in [9.17, 15) is 14.7 Å². The summed E-state index contributed by atoms with van der Waals surface area (Å²) < 4.78 is 5.18. The van der Waals surface area contributed by atoms with Crippen molar-refractivity contribution in [3.05, 3.63) is 22.7 Å². The number of rotatable bonds is 7. The van der Waals surface area contributed by atoms with Gasteiger partial charge in [-0.2, -0.15) is 0 Å². The van der Waals surface area contributed by atoms with E-state index in [1.165, 1.54) is 19.2 Å². The molecule has 2 rings (SSSR count). The van der Waals surface area contributed by atoms with Gasteiger partial charge in [0.15, 0.2) is 0 Å². The number of halogens is 1. The third-order valence-corrected chi connectivity index (χ3v) is 4.79. The molecule has 1 aromatic carbocycles. The summed E-state index contributed by atoms with van der Waals surface area (Å²) in [4.78, 5) is 24.8. The molecule has 1 aliphatic rings. The van der Waals surface area contributed by atoms with Crippen molar-refractivity contribution in [2.75, 3.05) is 39.0 Å². The number of methoxy groups -OCH3 is 1. The van der Waals surface area contributed by atoms with Crippen molar-refractivity contribution in [2.24, 2.45) is 5.92 Å². The number of nitrogens with zero attached hydrogens (tertiary/aromatic N) is 1. The Balaban J connectivity index is 1.80. The monoisotopic (exact) mass is 368 g/mol. The topological polar surface area (TPSA) is 108 Å². The molecule has 0 unspecified atom stereocenters. The molecule has 1 heterocycles. The van der Waals surface area contributed by atoms with Crippen molar-refractivity contribution in [2.45, 2.75) is 19.3 Å². The molecule has 0 radical (unpaired) electrons. The molecule has 0 atom stereocenters. The van der Waals surface area contributed by atoms with Gasteiger partial charge in [-0.1, -0.05) is 11.6 Å². The first-order chi connectivity index (χ1) is 11.9. The molecule has 0 bridgehead atoms. The fourth-order valence-corrected chi connectivity index (χ4v) is 3.18. The number of carbonyl (C=O) groups is 2. The van der Waals surface area contributed by atoms with Crippen molar-refractivity contribution >= 4 is 29.2 Å². The van der Waals surface area contributed by atoms with Crippen LogP contribution in [0.1, 0.15) is 29.6 Å². The second-order valence-corrected chi connectivity index (χ2v) is 6.62. The van der Waals surface area contributed by atoms with Crippen molar-refractivity contribution < 1.29 is 19.4 Å². The zero-order valence-electron chi connectivity index (χ0n) is 14.2. The molecule has 1 saturated heterocycles. The number of hydrogen-bond donors (Lipinski definition) is 2. The molecular formula is C17H23ClN3O4-. The molecule has 25 heavy (non-hydrogen) atoms. The number of benzene rings is 1. The summed E-state index contributed by atoms with van der Waals surface area (Å²) >= 11 is 5.98. The van der Waals surface area contributed by atoms with Crippen molar-refractivity contribution in [1.29, 1.82) is 0 Å². The molecule has 8 heteroatoms. The predicted molar refractivity (Wildman–Crippen MR) is 93.5 cm³/mol. The lowest BCUT2D eigenvalue weighted by molar-refractivity contribution is -0.306. The van der Waals surface area contributed by atoms with Crippen LogP contribution >= 0.6 is 11.6 Å². The minimum Gasteiger partial charge on any atom is -0.549 e. The lowest BCUT2D eigenvalue weighted by Gasteiger charge is -2.32. The molecule has 1 aromatic rings. The highest BCUT2D eigenvalue weighted by molar-refractivity contribution is 6.33. The quantitative estimate of drug-likeness (QED) is 0.679. The van der Waals surface area contributed by atoms with Gasteiger partial charge >= 0.3 is 0 Å². The van der Waals surface area contributed by atoms with Crippen LogP contribution in [0.25, 0.3) is 0 Å². The summed E-state index contributed by atoms with van der Waals surface area (Å²) in [6, 6.07) is 3.04. The van der Waals surface area contributed by atoms with E-state index in [4.69, 9.17) is 22.1 Å². The van der Waals surface area contributed by atoms with Crippen LogP contribution in [0.15, 0.2) is 12.1 Å². The average molecular weight is 369 g/mol. The molecule has 1 amide bonds. The second-order valence-electron chi connectivity index (χ2n) is 6.21. The number of hydrogen-bond acceptors (Lipinski definition) is 6. The fraction of sp³-hybridized carbons (Fsp3) is 0.529. The number of nitrogen functional groups attached to an aromatic ring is 1. The molecule has 0 aromatic heterocycles. The van der Waals surface area contributed by atoms with E-state index in [-0.39, 0.29) is 12.5 Å². The lowest BCUT2D eigenvalue weighted by Crippen LogP contribution is -2.42. The lowest BCUT2D eigenvalue weighted by atomic mass is 9.93. The first-order valence-electron chi connectivity index (χ1n) is 8.24.